The lowest BCUT2D eigenvalue weighted by atomic mass is 10.1. The van der Waals surface area contributed by atoms with Gasteiger partial charge in [0.15, 0.2) is 4.34 Å². The smallest absolute Gasteiger partial charge is 0.174 e. The monoisotopic (exact) mass is 251 g/mol. The molecule has 1 aromatic heterocycles. The summed E-state index contributed by atoms with van der Waals surface area (Å²) in [5.41, 5.74) is 7.25. The molecule has 0 bridgehead atoms. The lowest BCUT2D eigenvalue weighted by Crippen LogP contribution is -2.12. The van der Waals surface area contributed by atoms with E-state index in [0.29, 0.717) is 0 Å². The van der Waals surface area contributed by atoms with Crippen molar-refractivity contribution in [2.45, 2.75) is 17.3 Å². The van der Waals surface area contributed by atoms with E-state index in [2.05, 4.69) is 22.3 Å². The highest BCUT2D eigenvalue weighted by Gasteiger charge is 2.08. The highest BCUT2D eigenvalue weighted by molar-refractivity contribution is 8.01. The number of thioether (sulfide) groups is 1. The summed E-state index contributed by atoms with van der Waals surface area (Å²) in [4.78, 5) is 0. The molecule has 84 valence electrons. The molecule has 16 heavy (non-hydrogen) atoms. The average Bonchev–Trinajstić information content (AvgIpc) is 2.73. The number of benzene rings is 1. The molecule has 2 rings (SSSR count). The third-order valence-electron chi connectivity index (χ3n) is 2.12. The number of aryl methyl sites for hydroxylation is 1. The van der Waals surface area contributed by atoms with Crippen molar-refractivity contribution in [3.8, 4) is 0 Å². The standard InChI is InChI=1S/C11H13N3S2/c1-8-13-14-11(16-8)15-7-10(12)9-5-3-2-4-6-9/h2-6,10H,7,12H2,1H3. The van der Waals surface area contributed by atoms with E-state index < -0.39 is 0 Å². The highest BCUT2D eigenvalue weighted by atomic mass is 32.2. The maximum Gasteiger partial charge on any atom is 0.174 e. The molecule has 0 amide bonds. The first kappa shape index (κ1) is 11.6. The van der Waals surface area contributed by atoms with Crippen LogP contribution in [0.1, 0.15) is 16.6 Å². The van der Waals surface area contributed by atoms with Gasteiger partial charge in [0.1, 0.15) is 5.01 Å². The Morgan fingerprint density at radius 3 is 2.69 bits per heavy atom. The Kier molecular flexibility index (Phi) is 3.93. The fraction of sp³-hybridized carbons (Fsp3) is 0.273. The van der Waals surface area contributed by atoms with E-state index in [0.717, 1.165) is 20.7 Å². The van der Waals surface area contributed by atoms with Crippen molar-refractivity contribution in [1.29, 1.82) is 0 Å². The van der Waals surface area contributed by atoms with Crippen LogP contribution in [-0.2, 0) is 0 Å². The SMILES string of the molecule is Cc1nnc(SCC(N)c2ccccc2)s1. The largest absolute Gasteiger partial charge is 0.323 e. The molecule has 0 radical (unpaired) electrons. The zero-order chi connectivity index (χ0) is 11.4. The zero-order valence-electron chi connectivity index (χ0n) is 8.96. The van der Waals surface area contributed by atoms with Crippen LogP contribution < -0.4 is 5.73 Å². The van der Waals surface area contributed by atoms with Crippen molar-refractivity contribution in [3.05, 3.63) is 40.9 Å². The molecule has 1 unspecified atom stereocenters. The summed E-state index contributed by atoms with van der Waals surface area (Å²) in [6.45, 7) is 1.96. The summed E-state index contributed by atoms with van der Waals surface area (Å²) in [5, 5.41) is 9.03. The minimum atomic E-state index is 0.0513. The van der Waals surface area contributed by atoms with Crippen molar-refractivity contribution in [3.63, 3.8) is 0 Å². The second-order valence-electron chi connectivity index (χ2n) is 3.42. The van der Waals surface area contributed by atoms with Gasteiger partial charge in [-0.25, -0.2) is 0 Å². The zero-order valence-corrected chi connectivity index (χ0v) is 10.6. The van der Waals surface area contributed by atoms with E-state index >= 15 is 0 Å². The van der Waals surface area contributed by atoms with Crippen molar-refractivity contribution >= 4 is 23.1 Å². The molecule has 1 heterocycles. The lowest BCUT2D eigenvalue weighted by Gasteiger charge is -2.09. The molecular weight excluding hydrogens is 238 g/mol. The van der Waals surface area contributed by atoms with E-state index in [1.165, 1.54) is 0 Å². The third kappa shape index (κ3) is 3.04. The van der Waals surface area contributed by atoms with E-state index in [9.17, 15) is 0 Å². The molecule has 3 nitrogen and oxygen atoms in total. The van der Waals surface area contributed by atoms with Gasteiger partial charge in [-0.05, 0) is 12.5 Å². The van der Waals surface area contributed by atoms with Gasteiger partial charge < -0.3 is 5.73 Å². The first-order chi connectivity index (χ1) is 7.75. The third-order valence-corrected chi connectivity index (χ3v) is 4.21. The van der Waals surface area contributed by atoms with E-state index in [-0.39, 0.29) is 6.04 Å². The first-order valence-electron chi connectivity index (χ1n) is 4.99. The van der Waals surface area contributed by atoms with E-state index in [1.807, 2.05) is 25.1 Å². The van der Waals surface area contributed by atoms with Gasteiger partial charge in [0, 0.05) is 11.8 Å². The van der Waals surface area contributed by atoms with Crippen molar-refractivity contribution in [2.24, 2.45) is 5.73 Å². The average molecular weight is 251 g/mol. The van der Waals surface area contributed by atoms with Gasteiger partial charge in [-0.3, -0.25) is 0 Å². The number of aromatic nitrogens is 2. The molecule has 0 spiro atoms. The Balaban J connectivity index is 1.91. The normalized spacial score (nSPS) is 12.6. The van der Waals surface area contributed by atoms with Crippen LogP contribution in [0.3, 0.4) is 0 Å². The van der Waals surface area contributed by atoms with Crippen molar-refractivity contribution in [1.82, 2.24) is 10.2 Å². The van der Waals surface area contributed by atoms with Gasteiger partial charge >= 0.3 is 0 Å². The summed E-state index contributed by atoms with van der Waals surface area (Å²) < 4.78 is 0.990. The molecule has 0 aliphatic carbocycles. The fourth-order valence-electron chi connectivity index (χ4n) is 1.29. The van der Waals surface area contributed by atoms with Gasteiger partial charge in [-0.1, -0.05) is 53.4 Å². The van der Waals surface area contributed by atoms with Crippen LogP contribution in [0.2, 0.25) is 0 Å². The van der Waals surface area contributed by atoms with Crippen LogP contribution in [0.25, 0.3) is 0 Å². The number of nitrogens with two attached hydrogens (primary N) is 1. The van der Waals surface area contributed by atoms with Crippen molar-refractivity contribution in [2.75, 3.05) is 5.75 Å². The van der Waals surface area contributed by atoms with Crippen LogP contribution >= 0.6 is 23.1 Å². The predicted octanol–water partition coefficient (Wildman–Crippen LogP) is 2.64. The Morgan fingerprint density at radius 1 is 1.31 bits per heavy atom. The molecule has 1 atom stereocenters. The van der Waals surface area contributed by atoms with Gasteiger partial charge in [0.05, 0.1) is 0 Å². The molecule has 0 saturated heterocycles. The number of rotatable bonds is 4. The quantitative estimate of drug-likeness (QED) is 0.849. The Morgan fingerprint density at radius 2 is 2.06 bits per heavy atom. The Bertz CT molecular complexity index is 442. The minimum absolute atomic E-state index is 0.0513. The second-order valence-corrected chi connectivity index (χ2v) is 5.86. The maximum atomic E-state index is 6.09. The van der Waals surface area contributed by atoms with Crippen LogP contribution in [0.4, 0.5) is 0 Å². The Hall–Kier alpha value is -0.910. The summed E-state index contributed by atoms with van der Waals surface area (Å²) >= 11 is 3.27. The first-order valence-corrected chi connectivity index (χ1v) is 6.79. The van der Waals surface area contributed by atoms with E-state index in [4.69, 9.17) is 5.73 Å². The number of hydrogen-bond acceptors (Lipinski definition) is 5. The summed E-state index contributed by atoms with van der Waals surface area (Å²) in [5.74, 6) is 0.832. The van der Waals surface area contributed by atoms with Crippen LogP contribution in [0, 0.1) is 6.92 Å². The van der Waals surface area contributed by atoms with Crippen LogP contribution in [-0.4, -0.2) is 16.0 Å². The van der Waals surface area contributed by atoms with Crippen LogP contribution in [0.5, 0.6) is 0 Å². The molecule has 0 saturated carbocycles. The molecule has 0 aliphatic heterocycles. The molecule has 0 aliphatic rings. The highest BCUT2D eigenvalue weighted by Crippen LogP contribution is 2.25. The summed E-state index contributed by atoms with van der Waals surface area (Å²) in [6.07, 6.45) is 0. The fourth-order valence-corrected chi connectivity index (χ4v) is 3.13. The van der Waals surface area contributed by atoms with Gasteiger partial charge in [-0.15, -0.1) is 10.2 Å². The minimum Gasteiger partial charge on any atom is -0.323 e. The molecule has 2 N–H and O–H groups in total. The topological polar surface area (TPSA) is 51.8 Å². The molecular formula is C11H13N3S2. The summed E-state index contributed by atoms with van der Waals surface area (Å²) in [7, 11) is 0. The lowest BCUT2D eigenvalue weighted by molar-refractivity contribution is 0.830. The predicted molar refractivity (Wildman–Crippen MR) is 68.7 cm³/mol. The second kappa shape index (κ2) is 5.43. The van der Waals surface area contributed by atoms with Crippen molar-refractivity contribution < 1.29 is 0 Å². The Labute approximate surface area is 103 Å². The molecule has 0 fully saturated rings. The van der Waals surface area contributed by atoms with Crippen LogP contribution in [0.15, 0.2) is 34.7 Å². The molecule has 1 aromatic carbocycles. The molecule has 5 heteroatoms. The molecule has 2 aromatic rings. The van der Waals surface area contributed by atoms with Gasteiger partial charge in [0.2, 0.25) is 0 Å². The van der Waals surface area contributed by atoms with Gasteiger partial charge in [0.25, 0.3) is 0 Å². The maximum absolute atomic E-state index is 6.09. The van der Waals surface area contributed by atoms with E-state index in [1.54, 1.807) is 23.1 Å². The summed E-state index contributed by atoms with van der Waals surface area (Å²) in [6, 6.07) is 10.2. The number of nitrogens with zero attached hydrogens (tertiary/aromatic N) is 2. The van der Waals surface area contributed by atoms with Gasteiger partial charge in [-0.2, -0.15) is 0 Å². The number of hydrogen-bond donors (Lipinski definition) is 1.